The summed E-state index contributed by atoms with van der Waals surface area (Å²) in [4.78, 5) is 11.4. The van der Waals surface area contributed by atoms with Crippen molar-refractivity contribution in [2.24, 2.45) is 0 Å². The van der Waals surface area contributed by atoms with Crippen LogP contribution in [0.4, 0.5) is 0 Å². The maximum Gasteiger partial charge on any atom is 0.161 e. The first-order valence-corrected chi connectivity index (χ1v) is 5.42. The second-order valence-corrected chi connectivity index (χ2v) is 3.88. The standard InChI is InChI=1S/C12H12ClNO/c1-9(15)11-8-14(7-6-13)12-5-3-2-4-10(11)12/h2-5,8H,6-7H2,1H3. The molecule has 0 bridgehead atoms. The van der Waals surface area contributed by atoms with E-state index >= 15 is 0 Å². The number of ketones is 1. The number of Topliss-reactive ketones (excluding diaryl/α,β-unsaturated/α-hetero) is 1. The molecule has 0 aliphatic carbocycles. The normalized spacial score (nSPS) is 10.8. The van der Waals surface area contributed by atoms with Gasteiger partial charge in [-0.05, 0) is 13.0 Å². The Morgan fingerprint density at radius 3 is 2.80 bits per heavy atom. The van der Waals surface area contributed by atoms with Gasteiger partial charge in [0.2, 0.25) is 0 Å². The minimum absolute atomic E-state index is 0.0968. The Hall–Kier alpha value is -1.28. The fraction of sp³-hybridized carbons (Fsp3) is 0.250. The molecule has 0 amide bonds. The van der Waals surface area contributed by atoms with E-state index in [1.807, 2.05) is 35.0 Å². The lowest BCUT2D eigenvalue weighted by Gasteiger charge is -2.00. The summed E-state index contributed by atoms with van der Waals surface area (Å²) in [6, 6.07) is 7.89. The topological polar surface area (TPSA) is 22.0 Å². The Labute approximate surface area is 93.5 Å². The molecule has 1 heterocycles. The number of hydrogen-bond donors (Lipinski definition) is 0. The first-order chi connectivity index (χ1) is 7.24. The maximum atomic E-state index is 11.4. The largest absolute Gasteiger partial charge is 0.346 e. The predicted octanol–water partition coefficient (Wildman–Crippen LogP) is 3.08. The highest BCUT2D eigenvalue weighted by molar-refractivity contribution is 6.17. The van der Waals surface area contributed by atoms with E-state index < -0.39 is 0 Å². The molecule has 3 heteroatoms. The van der Waals surface area contributed by atoms with E-state index in [2.05, 4.69) is 0 Å². The minimum atomic E-state index is 0.0968. The minimum Gasteiger partial charge on any atom is -0.346 e. The zero-order valence-electron chi connectivity index (χ0n) is 8.53. The molecule has 0 N–H and O–H groups in total. The third-order valence-electron chi connectivity index (χ3n) is 2.49. The van der Waals surface area contributed by atoms with Gasteiger partial charge in [-0.3, -0.25) is 4.79 Å². The summed E-state index contributed by atoms with van der Waals surface area (Å²) in [5.74, 6) is 0.648. The second-order valence-electron chi connectivity index (χ2n) is 3.50. The summed E-state index contributed by atoms with van der Waals surface area (Å²) in [5.41, 5.74) is 1.85. The number of nitrogens with zero attached hydrogens (tertiary/aromatic N) is 1. The molecule has 0 saturated heterocycles. The van der Waals surface area contributed by atoms with Crippen molar-refractivity contribution in [1.29, 1.82) is 0 Å². The number of alkyl halides is 1. The summed E-state index contributed by atoms with van der Waals surface area (Å²) < 4.78 is 2.03. The summed E-state index contributed by atoms with van der Waals surface area (Å²) in [5, 5.41) is 1.01. The number of fused-ring (bicyclic) bond motifs is 1. The third kappa shape index (κ3) is 1.77. The van der Waals surface area contributed by atoms with E-state index in [9.17, 15) is 4.79 Å². The second kappa shape index (κ2) is 4.07. The number of carbonyl (C=O) groups is 1. The molecule has 1 aromatic heterocycles. The van der Waals surface area contributed by atoms with E-state index in [0.29, 0.717) is 5.88 Å². The van der Waals surface area contributed by atoms with Gasteiger partial charge in [-0.2, -0.15) is 0 Å². The molecule has 0 aliphatic rings. The molecule has 2 aromatic rings. The van der Waals surface area contributed by atoms with Crippen molar-refractivity contribution in [1.82, 2.24) is 4.57 Å². The molecule has 78 valence electrons. The van der Waals surface area contributed by atoms with E-state index in [-0.39, 0.29) is 5.78 Å². The molecule has 0 saturated carbocycles. The molecule has 0 spiro atoms. The van der Waals surface area contributed by atoms with Crippen LogP contribution in [0.2, 0.25) is 0 Å². The van der Waals surface area contributed by atoms with Crippen LogP contribution in [0.15, 0.2) is 30.5 Å². The van der Waals surface area contributed by atoms with Crippen LogP contribution in [0, 0.1) is 0 Å². The van der Waals surface area contributed by atoms with Crippen LogP contribution < -0.4 is 0 Å². The molecule has 1 aromatic carbocycles. The Balaban J connectivity index is 2.67. The molecular formula is C12H12ClNO. The smallest absolute Gasteiger partial charge is 0.161 e. The van der Waals surface area contributed by atoms with Crippen molar-refractivity contribution in [2.45, 2.75) is 13.5 Å². The summed E-state index contributed by atoms with van der Waals surface area (Å²) in [6.07, 6.45) is 1.88. The zero-order chi connectivity index (χ0) is 10.8. The van der Waals surface area contributed by atoms with Crippen LogP contribution in [-0.2, 0) is 6.54 Å². The highest BCUT2D eigenvalue weighted by Crippen LogP contribution is 2.21. The van der Waals surface area contributed by atoms with Crippen molar-refractivity contribution < 1.29 is 4.79 Å². The molecule has 2 rings (SSSR count). The number of carbonyl (C=O) groups excluding carboxylic acids is 1. The van der Waals surface area contributed by atoms with Crippen LogP contribution in [0.1, 0.15) is 17.3 Å². The van der Waals surface area contributed by atoms with Crippen molar-refractivity contribution >= 4 is 28.3 Å². The Kier molecular flexibility index (Phi) is 2.78. The quantitative estimate of drug-likeness (QED) is 0.577. The van der Waals surface area contributed by atoms with E-state index in [1.165, 1.54) is 0 Å². The van der Waals surface area contributed by atoms with Gasteiger partial charge >= 0.3 is 0 Å². The van der Waals surface area contributed by atoms with E-state index in [1.54, 1.807) is 6.92 Å². The van der Waals surface area contributed by atoms with Gasteiger partial charge in [0, 0.05) is 35.1 Å². The van der Waals surface area contributed by atoms with Crippen molar-refractivity contribution in [3.8, 4) is 0 Å². The number of para-hydroxylation sites is 1. The first-order valence-electron chi connectivity index (χ1n) is 4.89. The zero-order valence-corrected chi connectivity index (χ0v) is 9.29. The number of aromatic nitrogens is 1. The number of rotatable bonds is 3. The van der Waals surface area contributed by atoms with Crippen LogP contribution in [0.5, 0.6) is 0 Å². The molecule has 2 nitrogen and oxygen atoms in total. The van der Waals surface area contributed by atoms with Crippen LogP contribution in [0.3, 0.4) is 0 Å². The molecule has 0 unspecified atom stereocenters. The van der Waals surface area contributed by atoms with Crippen LogP contribution in [-0.4, -0.2) is 16.2 Å². The fourth-order valence-electron chi connectivity index (χ4n) is 1.80. The van der Waals surface area contributed by atoms with Crippen molar-refractivity contribution in [3.05, 3.63) is 36.0 Å². The Morgan fingerprint density at radius 2 is 2.13 bits per heavy atom. The highest BCUT2D eigenvalue weighted by Gasteiger charge is 2.10. The number of benzene rings is 1. The number of aryl methyl sites for hydroxylation is 1. The summed E-state index contributed by atoms with van der Waals surface area (Å²) in [7, 11) is 0. The average Bonchev–Trinajstić information content (AvgIpc) is 2.59. The van der Waals surface area contributed by atoms with Gasteiger partial charge < -0.3 is 4.57 Å². The third-order valence-corrected chi connectivity index (χ3v) is 2.66. The SMILES string of the molecule is CC(=O)c1cn(CCCl)c2ccccc12. The lowest BCUT2D eigenvalue weighted by Crippen LogP contribution is -1.96. The Bertz CT molecular complexity index is 501. The van der Waals surface area contributed by atoms with Gasteiger partial charge in [0.05, 0.1) is 0 Å². The maximum absolute atomic E-state index is 11.4. The molecule has 15 heavy (non-hydrogen) atoms. The van der Waals surface area contributed by atoms with Crippen LogP contribution in [0.25, 0.3) is 10.9 Å². The molecule has 0 aliphatic heterocycles. The fourth-order valence-corrected chi connectivity index (χ4v) is 1.99. The molecule has 0 fully saturated rings. The van der Waals surface area contributed by atoms with E-state index in [0.717, 1.165) is 23.0 Å². The van der Waals surface area contributed by atoms with Crippen molar-refractivity contribution in [2.75, 3.05) is 5.88 Å². The average molecular weight is 222 g/mol. The monoisotopic (exact) mass is 221 g/mol. The lowest BCUT2D eigenvalue weighted by atomic mass is 10.1. The molecule has 0 atom stereocenters. The van der Waals surface area contributed by atoms with Gasteiger partial charge in [-0.1, -0.05) is 18.2 Å². The van der Waals surface area contributed by atoms with Gasteiger partial charge in [-0.15, -0.1) is 11.6 Å². The van der Waals surface area contributed by atoms with E-state index in [4.69, 9.17) is 11.6 Å². The summed E-state index contributed by atoms with van der Waals surface area (Å²) in [6.45, 7) is 2.32. The van der Waals surface area contributed by atoms with Gasteiger partial charge in [0.15, 0.2) is 5.78 Å². The van der Waals surface area contributed by atoms with Gasteiger partial charge in [0.1, 0.15) is 0 Å². The lowest BCUT2D eigenvalue weighted by molar-refractivity contribution is 0.101. The van der Waals surface area contributed by atoms with Crippen LogP contribution >= 0.6 is 11.6 Å². The number of hydrogen-bond acceptors (Lipinski definition) is 1. The number of halogens is 1. The van der Waals surface area contributed by atoms with Crippen molar-refractivity contribution in [3.63, 3.8) is 0 Å². The highest BCUT2D eigenvalue weighted by atomic mass is 35.5. The van der Waals surface area contributed by atoms with Gasteiger partial charge in [0.25, 0.3) is 0 Å². The molecule has 0 radical (unpaired) electrons. The predicted molar refractivity (Wildman–Crippen MR) is 62.7 cm³/mol. The first kappa shape index (κ1) is 10.2. The van der Waals surface area contributed by atoms with Gasteiger partial charge in [-0.25, -0.2) is 0 Å². The Morgan fingerprint density at radius 1 is 1.40 bits per heavy atom. The summed E-state index contributed by atoms with van der Waals surface area (Å²) >= 11 is 5.72. The molecular weight excluding hydrogens is 210 g/mol.